The molecule has 1 heterocycles. The zero-order valence-corrected chi connectivity index (χ0v) is 17.0. The summed E-state index contributed by atoms with van der Waals surface area (Å²) in [6.07, 6.45) is 4.41. The standard InChI is InChI=1S/C18H24ClN5O2S/c1-3-4-5-6-11-24-15(13-7-9-14(19)10-8-13)22-23-18(24)27-12(2)16(25)21-17(20)26/h7-10,12H,3-6,11H2,1-2H3,(H3,20,21,25,26)/t12-/m1/s1. The van der Waals surface area contributed by atoms with Crippen molar-refractivity contribution in [3.63, 3.8) is 0 Å². The molecule has 0 spiro atoms. The van der Waals surface area contributed by atoms with Gasteiger partial charge in [-0.3, -0.25) is 10.1 Å². The third-order valence-electron chi connectivity index (χ3n) is 3.95. The normalized spacial score (nSPS) is 12.0. The van der Waals surface area contributed by atoms with Crippen LogP contribution in [0.1, 0.15) is 39.5 Å². The summed E-state index contributed by atoms with van der Waals surface area (Å²) < 4.78 is 2.01. The van der Waals surface area contributed by atoms with Gasteiger partial charge in [-0.15, -0.1) is 10.2 Å². The van der Waals surface area contributed by atoms with Crippen molar-refractivity contribution in [3.8, 4) is 11.4 Å². The van der Waals surface area contributed by atoms with Crippen molar-refractivity contribution in [1.29, 1.82) is 0 Å². The van der Waals surface area contributed by atoms with Crippen LogP contribution in [-0.2, 0) is 11.3 Å². The van der Waals surface area contributed by atoms with Gasteiger partial charge in [0, 0.05) is 17.1 Å². The van der Waals surface area contributed by atoms with Gasteiger partial charge in [0.1, 0.15) is 0 Å². The number of nitrogens with two attached hydrogens (primary N) is 1. The highest BCUT2D eigenvalue weighted by Gasteiger charge is 2.21. The summed E-state index contributed by atoms with van der Waals surface area (Å²) in [6, 6.07) is 6.54. The topological polar surface area (TPSA) is 103 Å². The van der Waals surface area contributed by atoms with Gasteiger partial charge in [-0.2, -0.15) is 0 Å². The second-order valence-electron chi connectivity index (χ2n) is 6.14. The number of hydrogen-bond acceptors (Lipinski definition) is 5. The SMILES string of the molecule is CCCCCCn1c(S[C@H](C)C(=O)NC(N)=O)nnc1-c1ccc(Cl)cc1. The van der Waals surface area contributed by atoms with Crippen LogP contribution in [0.3, 0.4) is 0 Å². The summed E-state index contributed by atoms with van der Waals surface area (Å²) in [5.74, 6) is 0.272. The summed E-state index contributed by atoms with van der Waals surface area (Å²) >= 11 is 7.22. The van der Waals surface area contributed by atoms with E-state index in [1.165, 1.54) is 11.8 Å². The first kappa shape index (κ1) is 21.2. The molecule has 3 N–H and O–H groups in total. The maximum absolute atomic E-state index is 12.0. The van der Waals surface area contributed by atoms with E-state index in [2.05, 4.69) is 22.4 Å². The molecule has 7 nitrogen and oxygen atoms in total. The number of nitrogens with one attached hydrogen (secondary N) is 1. The Hall–Kier alpha value is -2.06. The van der Waals surface area contributed by atoms with Crippen LogP contribution in [0, 0.1) is 0 Å². The number of urea groups is 1. The zero-order chi connectivity index (χ0) is 19.8. The zero-order valence-electron chi connectivity index (χ0n) is 15.4. The van der Waals surface area contributed by atoms with Gasteiger partial charge in [0.25, 0.3) is 0 Å². The third kappa shape index (κ3) is 6.25. The summed E-state index contributed by atoms with van der Waals surface area (Å²) in [5, 5.41) is 11.4. The molecule has 0 aliphatic rings. The van der Waals surface area contributed by atoms with Crippen molar-refractivity contribution in [2.45, 2.75) is 56.5 Å². The molecule has 2 rings (SSSR count). The molecular weight excluding hydrogens is 386 g/mol. The number of nitrogens with zero attached hydrogens (tertiary/aromatic N) is 3. The molecule has 3 amide bonds. The fraction of sp³-hybridized carbons (Fsp3) is 0.444. The highest BCUT2D eigenvalue weighted by atomic mass is 35.5. The first-order valence-electron chi connectivity index (χ1n) is 8.88. The van der Waals surface area contributed by atoms with Gasteiger partial charge < -0.3 is 10.3 Å². The number of halogens is 1. The third-order valence-corrected chi connectivity index (χ3v) is 5.28. The second-order valence-corrected chi connectivity index (χ2v) is 7.88. The second kappa shape index (κ2) is 10.3. The van der Waals surface area contributed by atoms with Crippen molar-refractivity contribution >= 4 is 35.3 Å². The van der Waals surface area contributed by atoms with Crippen LogP contribution < -0.4 is 11.1 Å². The van der Waals surface area contributed by atoms with Gasteiger partial charge in [0.15, 0.2) is 11.0 Å². The number of primary amides is 1. The Morgan fingerprint density at radius 3 is 2.56 bits per heavy atom. The van der Waals surface area contributed by atoms with Crippen LogP contribution in [-0.4, -0.2) is 32.0 Å². The van der Waals surface area contributed by atoms with E-state index in [4.69, 9.17) is 17.3 Å². The Labute approximate surface area is 168 Å². The molecule has 0 bridgehead atoms. The molecule has 1 aromatic carbocycles. The van der Waals surface area contributed by atoms with Crippen molar-refractivity contribution in [2.24, 2.45) is 5.73 Å². The van der Waals surface area contributed by atoms with Crippen molar-refractivity contribution in [1.82, 2.24) is 20.1 Å². The average Bonchev–Trinajstić information content (AvgIpc) is 3.01. The molecule has 27 heavy (non-hydrogen) atoms. The smallest absolute Gasteiger partial charge is 0.318 e. The molecule has 0 aliphatic carbocycles. The minimum absolute atomic E-state index is 0.457. The lowest BCUT2D eigenvalue weighted by Gasteiger charge is -2.13. The Morgan fingerprint density at radius 1 is 1.22 bits per heavy atom. The Kier molecular flexibility index (Phi) is 8.12. The quantitative estimate of drug-likeness (QED) is 0.483. The van der Waals surface area contributed by atoms with E-state index in [9.17, 15) is 9.59 Å². The number of thioether (sulfide) groups is 1. The molecule has 0 fully saturated rings. The molecule has 0 aliphatic heterocycles. The number of unbranched alkanes of at least 4 members (excludes halogenated alkanes) is 3. The maximum Gasteiger partial charge on any atom is 0.318 e. The molecule has 9 heteroatoms. The predicted molar refractivity (Wildman–Crippen MR) is 108 cm³/mol. The number of aromatic nitrogens is 3. The maximum atomic E-state index is 12.0. The largest absolute Gasteiger partial charge is 0.351 e. The van der Waals surface area contributed by atoms with Crippen LogP contribution in [0.2, 0.25) is 5.02 Å². The molecule has 0 saturated heterocycles. The van der Waals surface area contributed by atoms with E-state index in [1.807, 2.05) is 28.8 Å². The van der Waals surface area contributed by atoms with E-state index in [0.29, 0.717) is 10.2 Å². The fourth-order valence-electron chi connectivity index (χ4n) is 2.52. The van der Waals surface area contributed by atoms with Gasteiger partial charge in [-0.25, -0.2) is 4.79 Å². The van der Waals surface area contributed by atoms with E-state index in [0.717, 1.165) is 43.6 Å². The van der Waals surface area contributed by atoms with Crippen LogP contribution in [0.4, 0.5) is 4.79 Å². The van der Waals surface area contributed by atoms with Gasteiger partial charge >= 0.3 is 6.03 Å². The number of benzene rings is 1. The molecular formula is C18H24ClN5O2S. The lowest BCUT2D eigenvalue weighted by molar-refractivity contribution is -0.119. The molecule has 146 valence electrons. The summed E-state index contributed by atoms with van der Waals surface area (Å²) in [7, 11) is 0. The number of carbonyl (C=O) groups excluding carboxylic acids is 2. The average molecular weight is 410 g/mol. The summed E-state index contributed by atoms with van der Waals surface area (Å²) in [5.41, 5.74) is 5.92. The number of amides is 3. The number of hydrogen-bond donors (Lipinski definition) is 2. The molecule has 0 saturated carbocycles. The highest BCUT2D eigenvalue weighted by molar-refractivity contribution is 8.00. The van der Waals surface area contributed by atoms with E-state index < -0.39 is 17.2 Å². The summed E-state index contributed by atoms with van der Waals surface area (Å²) in [6.45, 7) is 4.61. The van der Waals surface area contributed by atoms with Crippen LogP contribution in [0.15, 0.2) is 29.4 Å². The summed E-state index contributed by atoms with van der Waals surface area (Å²) in [4.78, 5) is 22.9. The molecule has 0 radical (unpaired) electrons. The van der Waals surface area contributed by atoms with Crippen LogP contribution in [0.25, 0.3) is 11.4 Å². The molecule has 1 aromatic heterocycles. The lowest BCUT2D eigenvalue weighted by atomic mass is 10.2. The predicted octanol–water partition coefficient (Wildman–Crippen LogP) is 3.85. The van der Waals surface area contributed by atoms with Gasteiger partial charge in [-0.1, -0.05) is 49.5 Å². The molecule has 0 unspecified atom stereocenters. The molecule has 2 aromatic rings. The lowest BCUT2D eigenvalue weighted by Crippen LogP contribution is -2.39. The van der Waals surface area contributed by atoms with Gasteiger partial charge in [0.05, 0.1) is 5.25 Å². The molecule has 1 atom stereocenters. The van der Waals surface area contributed by atoms with Crippen molar-refractivity contribution in [2.75, 3.05) is 0 Å². The Bertz CT molecular complexity index is 779. The van der Waals surface area contributed by atoms with Crippen molar-refractivity contribution in [3.05, 3.63) is 29.3 Å². The number of carbonyl (C=O) groups is 2. The fourth-order valence-corrected chi connectivity index (χ4v) is 3.52. The van der Waals surface area contributed by atoms with E-state index >= 15 is 0 Å². The van der Waals surface area contributed by atoms with Crippen molar-refractivity contribution < 1.29 is 9.59 Å². The first-order chi connectivity index (χ1) is 12.9. The van der Waals surface area contributed by atoms with Crippen LogP contribution in [0.5, 0.6) is 0 Å². The minimum Gasteiger partial charge on any atom is -0.351 e. The first-order valence-corrected chi connectivity index (χ1v) is 10.1. The minimum atomic E-state index is -0.865. The number of imide groups is 1. The van der Waals surface area contributed by atoms with Gasteiger partial charge in [-0.05, 0) is 37.6 Å². The number of rotatable bonds is 9. The van der Waals surface area contributed by atoms with Crippen LogP contribution >= 0.6 is 23.4 Å². The highest BCUT2D eigenvalue weighted by Crippen LogP contribution is 2.28. The van der Waals surface area contributed by atoms with E-state index in [-0.39, 0.29) is 0 Å². The Balaban J connectivity index is 2.23. The Morgan fingerprint density at radius 2 is 1.93 bits per heavy atom. The monoisotopic (exact) mass is 409 g/mol. The van der Waals surface area contributed by atoms with Gasteiger partial charge in [0.2, 0.25) is 5.91 Å². The van der Waals surface area contributed by atoms with E-state index in [1.54, 1.807) is 6.92 Å².